The van der Waals surface area contributed by atoms with E-state index in [9.17, 15) is 13.2 Å². The van der Waals surface area contributed by atoms with Gasteiger partial charge in [-0.1, -0.05) is 30.3 Å². The molecule has 0 radical (unpaired) electrons. The van der Waals surface area contributed by atoms with Crippen LogP contribution >= 0.6 is 0 Å². The summed E-state index contributed by atoms with van der Waals surface area (Å²) in [5.41, 5.74) is 0.228. The highest BCUT2D eigenvalue weighted by atomic mass is 19.4. The average molecular weight is 267 g/mol. The first-order valence-electron chi connectivity index (χ1n) is 5.69. The molecule has 6 heteroatoms. The van der Waals surface area contributed by atoms with Crippen molar-refractivity contribution in [2.75, 3.05) is 11.9 Å². The summed E-state index contributed by atoms with van der Waals surface area (Å²) in [5, 5.41) is 2.66. The zero-order valence-electron chi connectivity index (χ0n) is 9.93. The van der Waals surface area contributed by atoms with Crippen molar-refractivity contribution in [1.82, 2.24) is 9.97 Å². The Bertz CT molecular complexity index is 500. The molecular weight excluding hydrogens is 255 g/mol. The molecule has 3 nitrogen and oxygen atoms in total. The summed E-state index contributed by atoms with van der Waals surface area (Å²) >= 11 is 0. The van der Waals surface area contributed by atoms with E-state index in [2.05, 4.69) is 15.3 Å². The molecule has 2 aromatic rings. The van der Waals surface area contributed by atoms with Gasteiger partial charge in [0, 0.05) is 18.9 Å². The van der Waals surface area contributed by atoms with Gasteiger partial charge in [-0.05, 0) is 5.56 Å². The van der Waals surface area contributed by atoms with Gasteiger partial charge in [0.15, 0.2) is 0 Å². The van der Waals surface area contributed by atoms with Crippen LogP contribution in [0.1, 0.15) is 11.5 Å². The molecular formula is C13H12F3N3. The summed E-state index contributed by atoms with van der Waals surface area (Å²) in [4.78, 5) is 7.68. The van der Waals surface area contributed by atoms with Crippen LogP contribution in [0.4, 0.5) is 19.0 Å². The highest BCUT2D eigenvalue weighted by Gasteiger charge is 2.40. The highest BCUT2D eigenvalue weighted by molar-refractivity contribution is 5.32. The van der Waals surface area contributed by atoms with Gasteiger partial charge in [-0.25, -0.2) is 4.98 Å². The average Bonchev–Trinajstić information content (AvgIpc) is 2.40. The molecule has 0 aliphatic rings. The summed E-state index contributed by atoms with van der Waals surface area (Å²) in [6.07, 6.45) is -0.0357. The summed E-state index contributed by atoms with van der Waals surface area (Å²) in [6.45, 7) is -0.272. The molecule has 0 amide bonds. The van der Waals surface area contributed by atoms with Crippen molar-refractivity contribution in [3.63, 3.8) is 0 Å². The summed E-state index contributed by atoms with van der Waals surface area (Å²) in [7, 11) is 0. The molecule has 1 N–H and O–H groups in total. The minimum absolute atomic E-state index is 0.228. The van der Waals surface area contributed by atoms with Gasteiger partial charge in [0.1, 0.15) is 5.82 Å². The number of aromatic nitrogens is 2. The second kappa shape index (κ2) is 5.69. The first-order valence-corrected chi connectivity index (χ1v) is 5.69. The van der Waals surface area contributed by atoms with Crippen LogP contribution < -0.4 is 5.32 Å². The van der Waals surface area contributed by atoms with Crippen molar-refractivity contribution >= 4 is 5.82 Å². The van der Waals surface area contributed by atoms with Crippen molar-refractivity contribution in [3.05, 3.63) is 54.5 Å². The fourth-order valence-corrected chi connectivity index (χ4v) is 1.70. The van der Waals surface area contributed by atoms with E-state index in [1.165, 1.54) is 30.7 Å². The third-order valence-corrected chi connectivity index (χ3v) is 2.65. The number of nitrogens with zero attached hydrogens (tertiary/aromatic N) is 2. The van der Waals surface area contributed by atoms with Crippen LogP contribution in [-0.4, -0.2) is 22.7 Å². The molecule has 0 aliphatic heterocycles. The molecule has 1 atom stereocenters. The standard InChI is InChI=1S/C13H12F3N3/c14-13(15,16)11(10-4-2-1-3-5-10)8-19-12-9-17-6-7-18-12/h1-7,9,11H,8H2,(H,18,19)/t11-/m0/s1. The Hall–Kier alpha value is -2.11. The Kier molecular flexibility index (Phi) is 3.99. The lowest BCUT2D eigenvalue weighted by molar-refractivity contribution is -0.147. The van der Waals surface area contributed by atoms with Crippen molar-refractivity contribution in [3.8, 4) is 0 Å². The van der Waals surface area contributed by atoms with Gasteiger partial charge in [-0.15, -0.1) is 0 Å². The molecule has 0 spiro atoms. The molecule has 19 heavy (non-hydrogen) atoms. The van der Waals surface area contributed by atoms with Crippen molar-refractivity contribution < 1.29 is 13.2 Å². The van der Waals surface area contributed by atoms with Gasteiger partial charge in [0.25, 0.3) is 0 Å². The second-order valence-electron chi connectivity index (χ2n) is 3.98. The molecule has 100 valence electrons. The minimum Gasteiger partial charge on any atom is -0.368 e. The van der Waals surface area contributed by atoms with E-state index in [0.717, 1.165) is 0 Å². The van der Waals surface area contributed by atoms with Gasteiger partial charge >= 0.3 is 6.18 Å². The topological polar surface area (TPSA) is 37.8 Å². The number of halogens is 3. The quantitative estimate of drug-likeness (QED) is 0.924. The van der Waals surface area contributed by atoms with Crippen molar-refractivity contribution in [1.29, 1.82) is 0 Å². The molecule has 0 saturated heterocycles. The van der Waals surface area contributed by atoms with Crippen molar-refractivity contribution in [2.24, 2.45) is 0 Å². The maximum Gasteiger partial charge on any atom is 0.397 e. The molecule has 0 bridgehead atoms. The maximum atomic E-state index is 13.0. The number of hydrogen-bond donors (Lipinski definition) is 1. The summed E-state index contributed by atoms with van der Waals surface area (Å²) in [6, 6.07) is 7.81. The second-order valence-corrected chi connectivity index (χ2v) is 3.98. The normalized spacial score (nSPS) is 13.0. The number of rotatable bonds is 4. The van der Waals surface area contributed by atoms with E-state index >= 15 is 0 Å². The predicted octanol–water partition coefficient (Wildman–Crippen LogP) is 3.23. The van der Waals surface area contributed by atoms with Gasteiger partial charge in [-0.2, -0.15) is 13.2 Å². The van der Waals surface area contributed by atoms with E-state index in [-0.39, 0.29) is 12.1 Å². The zero-order chi connectivity index (χ0) is 13.7. The van der Waals surface area contributed by atoms with Crippen LogP contribution in [0.15, 0.2) is 48.9 Å². The number of anilines is 1. The third-order valence-electron chi connectivity index (χ3n) is 2.65. The van der Waals surface area contributed by atoms with Crippen LogP contribution in [0.2, 0.25) is 0 Å². The Morgan fingerprint density at radius 2 is 1.84 bits per heavy atom. The summed E-state index contributed by atoms with van der Waals surface area (Å²) < 4.78 is 39.1. The number of benzene rings is 1. The molecule has 1 aromatic heterocycles. The smallest absolute Gasteiger partial charge is 0.368 e. The number of hydrogen-bond acceptors (Lipinski definition) is 3. The fourth-order valence-electron chi connectivity index (χ4n) is 1.70. The monoisotopic (exact) mass is 267 g/mol. The zero-order valence-corrected chi connectivity index (χ0v) is 9.93. The van der Waals surface area contributed by atoms with Crippen molar-refractivity contribution in [2.45, 2.75) is 12.1 Å². The van der Waals surface area contributed by atoms with Gasteiger partial charge < -0.3 is 5.32 Å². The Labute approximate surface area is 108 Å². The lowest BCUT2D eigenvalue weighted by Crippen LogP contribution is -2.27. The molecule has 1 aromatic carbocycles. The van der Waals surface area contributed by atoms with E-state index in [1.54, 1.807) is 18.2 Å². The highest BCUT2D eigenvalue weighted by Crippen LogP contribution is 2.34. The Morgan fingerprint density at radius 1 is 1.11 bits per heavy atom. The molecule has 2 rings (SSSR count). The number of alkyl halides is 3. The van der Waals surface area contributed by atoms with Gasteiger partial charge in [0.05, 0.1) is 12.1 Å². The van der Waals surface area contributed by atoms with E-state index < -0.39 is 12.1 Å². The van der Waals surface area contributed by atoms with Gasteiger partial charge in [-0.3, -0.25) is 4.98 Å². The van der Waals surface area contributed by atoms with E-state index in [1.807, 2.05) is 0 Å². The van der Waals surface area contributed by atoms with Crippen LogP contribution in [-0.2, 0) is 0 Å². The third kappa shape index (κ3) is 3.67. The minimum atomic E-state index is -4.31. The van der Waals surface area contributed by atoms with E-state index in [4.69, 9.17) is 0 Å². The van der Waals surface area contributed by atoms with E-state index in [0.29, 0.717) is 5.82 Å². The summed E-state index contributed by atoms with van der Waals surface area (Å²) in [5.74, 6) is -1.25. The van der Waals surface area contributed by atoms with Crippen LogP contribution in [0.3, 0.4) is 0 Å². The van der Waals surface area contributed by atoms with Crippen LogP contribution in [0, 0.1) is 0 Å². The lowest BCUT2D eigenvalue weighted by Gasteiger charge is -2.21. The first kappa shape index (κ1) is 13.3. The SMILES string of the molecule is FC(F)(F)[C@@H](CNc1cnccn1)c1ccccc1. The first-order chi connectivity index (χ1) is 9.07. The van der Waals surface area contributed by atoms with Crippen LogP contribution in [0.5, 0.6) is 0 Å². The Morgan fingerprint density at radius 3 is 2.42 bits per heavy atom. The molecule has 0 unspecified atom stereocenters. The van der Waals surface area contributed by atoms with Gasteiger partial charge in [0.2, 0.25) is 0 Å². The molecule has 0 fully saturated rings. The number of nitrogens with one attached hydrogen (secondary N) is 1. The lowest BCUT2D eigenvalue weighted by atomic mass is 9.98. The Balaban J connectivity index is 2.12. The molecule has 0 saturated carbocycles. The molecule has 1 heterocycles. The predicted molar refractivity (Wildman–Crippen MR) is 65.8 cm³/mol. The largest absolute Gasteiger partial charge is 0.397 e. The molecule has 0 aliphatic carbocycles. The maximum absolute atomic E-state index is 13.0. The van der Waals surface area contributed by atoms with Crippen LogP contribution in [0.25, 0.3) is 0 Å². The fraction of sp³-hybridized carbons (Fsp3) is 0.231.